The number of benzene rings is 1. The molecular weight excluding hydrogens is 170 g/mol. The zero-order valence-electron chi connectivity index (χ0n) is 8.90. The van der Waals surface area contributed by atoms with Crippen molar-refractivity contribution >= 4 is 5.71 Å². The summed E-state index contributed by atoms with van der Waals surface area (Å²) in [5.41, 5.74) is 2.45. The third-order valence-electron chi connectivity index (χ3n) is 2.06. The third-order valence-corrected chi connectivity index (χ3v) is 2.06. The molecule has 14 heavy (non-hydrogen) atoms. The highest BCUT2D eigenvalue weighted by molar-refractivity contribution is 5.96. The zero-order chi connectivity index (χ0) is 10.2. The summed E-state index contributed by atoms with van der Waals surface area (Å²) in [4.78, 5) is 4.25. The van der Waals surface area contributed by atoms with Crippen LogP contribution >= 0.6 is 0 Å². The Morgan fingerprint density at radius 2 is 2.00 bits per heavy atom. The average Bonchev–Trinajstić information content (AvgIpc) is 2.25. The lowest BCUT2D eigenvalue weighted by Crippen LogP contribution is -1.98. The first-order valence-electron chi connectivity index (χ1n) is 5.03. The van der Waals surface area contributed by atoms with Gasteiger partial charge in [0.15, 0.2) is 0 Å². The van der Waals surface area contributed by atoms with Crippen LogP contribution in [0.1, 0.15) is 18.9 Å². The Bertz CT molecular complexity index is 309. The summed E-state index contributed by atoms with van der Waals surface area (Å²) in [6.07, 6.45) is 6.24. The van der Waals surface area contributed by atoms with Crippen LogP contribution < -0.4 is 0 Å². The minimum Gasteiger partial charge on any atom is -0.293 e. The van der Waals surface area contributed by atoms with Gasteiger partial charge in [0.2, 0.25) is 0 Å². The summed E-state index contributed by atoms with van der Waals surface area (Å²) in [7, 11) is 1.85. The highest BCUT2D eigenvalue weighted by Crippen LogP contribution is 2.02. The molecule has 0 radical (unpaired) electrons. The van der Waals surface area contributed by atoms with Gasteiger partial charge in [-0.05, 0) is 18.1 Å². The van der Waals surface area contributed by atoms with Gasteiger partial charge in [0.1, 0.15) is 0 Å². The van der Waals surface area contributed by atoms with E-state index in [0.717, 1.165) is 18.6 Å². The van der Waals surface area contributed by atoms with E-state index in [0.29, 0.717) is 0 Å². The minimum absolute atomic E-state index is 0.924. The SMILES string of the molecule is CC/C=C\C(Cc1ccccc1)=NC. The summed E-state index contributed by atoms with van der Waals surface area (Å²) in [6.45, 7) is 2.13. The van der Waals surface area contributed by atoms with Crippen molar-refractivity contribution in [2.45, 2.75) is 19.8 Å². The lowest BCUT2D eigenvalue weighted by molar-refractivity contribution is 1.22. The van der Waals surface area contributed by atoms with Gasteiger partial charge in [0.25, 0.3) is 0 Å². The van der Waals surface area contributed by atoms with Gasteiger partial charge in [-0.15, -0.1) is 0 Å². The summed E-state index contributed by atoms with van der Waals surface area (Å²) < 4.78 is 0. The second-order valence-electron chi connectivity index (χ2n) is 3.19. The van der Waals surface area contributed by atoms with E-state index < -0.39 is 0 Å². The van der Waals surface area contributed by atoms with E-state index in [2.05, 4.69) is 48.3 Å². The standard InChI is InChI=1S/C13H17N/c1-3-4-10-13(14-2)11-12-8-6-5-7-9-12/h4-10H,3,11H2,1-2H3/b10-4-,14-13?. The lowest BCUT2D eigenvalue weighted by Gasteiger charge is -2.00. The van der Waals surface area contributed by atoms with E-state index in [9.17, 15) is 0 Å². The van der Waals surface area contributed by atoms with Crippen LogP contribution in [0.2, 0.25) is 0 Å². The maximum Gasteiger partial charge on any atom is 0.0385 e. The number of aliphatic imine (C=N–C) groups is 1. The molecule has 0 unspecified atom stereocenters. The molecule has 0 aliphatic rings. The van der Waals surface area contributed by atoms with Crippen LogP contribution in [-0.4, -0.2) is 12.8 Å². The van der Waals surface area contributed by atoms with E-state index in [4.69, 9.17) is 0 Å². The van der Waals surface area contributed by atoms with Crippen molar-refractivity contribution in [3.8, 4) is 0 Å². The Hall–Kier alpha value is -1.37. The van der Waals surface area contributed by atoms with E-state index in [-0.39, 0.29) is 0 Å². The second-order valence-corrected chi connectivity index (χ2v) is 3.19. The van der Waals surface area contributed by atoms with Crippen LogP contribution in [0.3, 0.4) is 0 Å². The van der Waals surface area contributed by atoms with Crippen molar-refractivity contribution in [1.82, 2.24) is 0 Å². The molecule has 0 heterocycles. The van der Waals surface area contributed by atoms with Crippen molar-refractivity contribution in [1.29, 1.82) is 0 Å². The number of nitrogens with zero attached hydrogens (tertiary/aromatic N) is 1. The average molecular weight is 187 g/mol. The van der Waals surface area contributed by atoms with Crippen LogP contribution in [0.4, 0.5) is 0 Å². The molecule has 0 amide bonds. The van der Waals surface area contributed by atoms with Crippen LogP contribution in [0.25, 0.3) is 0 Å². The Balaban J connectivity index is 2.63. The van der Waals surface area contributed by atoms with E-state index >= 15 is 0 Å². The molecule has 0 saturated carbocycles. The van der Waals surface area contributed by atoms with Crippen LogP contribution in [-0.2, 0) is 6.42 Å². The molecule has 0 bridgehead atoms. The molecule has 0 aliphatic carbocycles. The van der Waals surface area contributed by atoms with Crippen molar-refractivity contribution in [3.63, 3.8) is 0 Å². The fourth-order valence-corrected chi connectivity index (χ4v) is 1.27. The summed E-state index contributed by atoms with van der Waals surface area (Å²) >= 11 is 0. The molecular formula is C13H17N. The lowest BCUT2D eigenvalue weighted by atomic mass is 10.1. The quantitative estimate of drug-likeness (QED) is 0.641. The second kappa shape index (κ2) is 6.14. The first kappa shape index (κ1) is 10.7. The maximum absolute atomic E-state index is 4.25. The van der Waals surface area contributed by atoms with E-state index in [1.54, 1.807) is 0 Å². The molecule has 0 N–H and O–H groups in total. The maximum atomic E-state index is 4.25. The molecule has 0 aliphatic heterocycles. The Morgan fingerprint density at radius 1 is 1.29 bits per heavy atom. The van der Waals surface area contributed by atoms with Crippen LogP contribution in [0.5, 0.6) is 0 Å². The summed E-state index contributed by atoms with van der Waals surface area (Å²) in [5.74, 6) is 0. The third kappa shape index (κ3) is 3.56. The molecule has 0 spiro atoms. The molecule has 74 valence electrons. The molecule has 0 atom stereocenters. The number of allylic oxidation sites excluding steroid dienone is 2. The Kier molecular flexibility index (Phi) is 4.70. The summed E-state index contributed by atoms with van der Waals surface area (Å²) in [6, 6.07) is 10.4. The number of rotatable bonds is 4. The molecule has 0 fully saturated rings. The molecule has 1 rings (SSSR count). The van der Waals surface area contributed by atoms with Crippen LogP contribution in [0.15, 0.2) is 47.5 Å². The molecule has 1 aromatic rings. The Morgan fingerprint density at radius 3 is 2.57 bits per heavy atom. The van der Waals surface area contributed by atoms with E-state index in [1.165, 1.54) is 5.56 Å². The van der Waals surface area contributed by atoms with Gasteiger partial charge in [-0.1, -0.05) is 43.3 Å². The number of hydrogen-bond acceptors (Lipinski definition) is 1. The largest absolute Gasteiger partial charge is 0.293 e. The van der Waals surface area contributed by atoms with Crippen molar-refractivity contribution in [2.24, 2.45) is 4.99 Å². The fraction of sp³-hybridized carbons (Fsp3) is 0.308. The topological polar surface area (TPSA) is 12.4 Å². The van der Waals surface area contributed by atoms with Gasteiger partial charge < -0.3 is 0 Å². The van der Waals surface area contributed by atoms with Crippen molar-refractivity contribution in [3.05, 3.63) is 48.0 Å². The van der Waals surface area contributed by atoms with Crippen molar-refractivity contribution < 1.29 is 0 Å². The van der Waals surface area contributed by atoms with Gasteiger partial charge in [-0.3, -0.25) is 4.99 Å². The fourth-order valence-electron chi connectivity index (χ4n) is 1.27. The minimum atomic E-state index is 0.924. The van der Waals surface area contributed by atoms with Crippen LogP contribution in [0, 0.1) is 0 Å². The molecule has 1 nitrogen and oxygen atoms in total. The van der Waals surface area contributed by atoms with E-state index in [1.807, 2.05) is 13.1 Å². The van der Waals surface area contributed by atoms with Gasteiger partial charge in [0.05, 0.1) is 0 Å². The molecule has 1 aromatic carbocycles. The monoisotopic (exact) mass is 187 g/mol. The first-order valence-corrected chi connectivity index (χ1v) is 5.03. The highest BCUT2D eigenvalue weighted by Gasteiger charge is 1.95. The molecule has 0 aromatic heterocycles. The first-order chi connectivity index (χ1) is 6.86. The number of hydrogen-bond donors (Lipinski definition) is 0. The molecule has 1 heteroatoms. The normalized spacial score (nSPS) is 12.3. The van der Waals surface area contributed by atoms with Gasteiger partial charge in [-0.2, -0.15) is 0 Å². The molecule has 0 saturated heterocycles. The van der Waals surface area contributed by atoms with Gasteiger partial charge in [-0.25, -0.2) is 0 Å². The Labute approximate surface area is 86.2 Å². The van der Waals surface area contributed by atoms with Gasteiger partial charge >= 0.3 is 0 Å². The van der Waals surface area contributed by atoms with Gasteiger partial charge in [0, 0.05) is 19.2 Å². The zero-order valence-corrected chi connectivity index (χ0v) is 8.90. The predicted molar refractivity (Wildman–Crippen MR) is 62.9 cm³/mol. The predicted octanol–water partition coefficient (Wildman–Crippen LogP) is 3.27. The summed E-state index contributed by atoms with van der Waals surface area (Å²) in [5, 5.41) is 0. The highest BCUT2D eigenvalue weighted by atomic mass is 14.7. The smallest absolute Gasteiger partial charge is 0.0385 e. The van der Waals surface area contributed by atoms with Crippen molar-refractivity contribution in [2.75, 3.05) is 7.05 Å².